The van der Waals surface area contributed by atoms with E-state index in [0.29, 0.717) is 10.6 Å². The van der Waals surface area contributed by atoms with Gasteiger partial charge >= 0.3 is 5.97 Å². The number of ether oxygens (including phenoxy) is 1. The van der Waals surface area contributed by atoms with Crippen molar-refractivity contribution in [2.45, 2.75) is 6.61 Å². The quantitative estimate of drug-likeness (QED) is 0.478. The fraction of sp³-hybridized carbons (Fsp3) is 0.0714. The van der Waals surface area contributed by atoms with Crippen molar-refractivity contribution in [3.63, 3.8) is 0 Å². The Balaban J connectivity index is 2.07. The number of hydrogen-bond acceptors (Lipinski definition) is 4. The lowest BCUT2D eigenvalue weighted by molar-refractivity contribution is -0.384. The first-order chi connectivity index (χ1) is 9.97. The van der Waals surface area contributed by atoms with E-state index >= 15 is 0 Å². The summed E-state index contributed by atoms with van der Waals surface area (Å²) in [5, 5.41) is 11.3. The van der Waals surface area contributed by atoms with Crippen molar-refractivity contribution in [2.24, 2.45) is 0 Å². The average molecular weight is 326 g/mol. The summed E-state index contributed by atoms with van der Waals surface area (Å²) in [5.41, 5.74) is 0.641. The number of esters is 1. The van der Waals surface area contributed by atoms with Gasteiger partial charge in [-0.05, 0) is 23.8 Å². The van der Waals surface area contributed by atoms with Crippen molar-refractivity contribution in [3.05, 3.63) is 73.8 Å². The first kappa shape index (κ1) is 15.3. The lowest BCUT2D eigenvalue weighted by Gasteiger charge is -2.06. The van der Waals surface area contributed by atoms with Gasteiger partial charge in [-0.1, -0.05) is 35.3 Å². The van der Waals surface area contributed by atoms with Gasteiger partial charge in [0.2, 0.25) is 0 Å². The molecular formula is C14H9Cl2NO4. The highest BCUT2D eigenvalue weighted by Gasteiger charge is 2.13. The van der Waals surface area contributed by atoms with Gasteiger partial charge in [0, 0.05) is 17.2 Å². The minimum Gasteiger partial charge on any atom is -0.457 e. The van der Waals surface area contributed by atoms with Gasteiger partial charge in [-0.15, -0.1) is 0 Å². The predicted molar refractivity (Wildman–Crippen MR) is 78.7 cm³/mol. The third-order valence-electron chi connectivity index (χ3n) is 2.64. The van der Waals surface area contributed by atoms with E-state index in [1.807, 2.05) is 0 Å². The molecule has 0 aliphatic rings. The van der Waals surface area contributed by atoms with Crippen molar-refractivity contribution in [1.82, 2.24) is 0 Å². The second-order valence-electron chi connectivity index (χ2n) is 4.13. The fourth-order valence-electron chi connectivity index (χ4n) is 1.64. The summed E-state index contributed by atoms with van der Waals surface area (Å²) in [6.07, 6.45) is 0. The molecule has 2 aromatic rings. The van der Waals surface area contributed by atoms with Gasteiger partial charge in [0.05, 0.1) is 15.5 Å². The lowest BCUT2D eigenvalue weighted by atomic mass is 10.2. The molecule has 2 rings (SSSR count). The zero-order valence-electron chi connectivity index (χ0n) is 10.6. The van der Waals surface area contributed by atoms with Gasteiger partial charge in [0.1, 0.15) is 6.61 Å². The second kappa shape index (κ2) is 6.56. The number of non-ortho nitro benzene ring substituents is 1. The summed E-state index contributed by atoms with van der Waals surface area (Å²) < 4.78 is 5.08. The smallest absolute Gasteiger partial charge is 0.339 e. The molecule has 0 unspecified atom stereocenters. The monoisotopic (exact) mass is 325 g/mol. The molecule has 0 aliphatic carbocycles. The Bertz CT molecular complexity index is 703. The maximum absolute atomic E-state index is 11.9. The molecule has 0 spiro atoms. The fourth-order valence-corrected chi connectivity index (χ4v) is 2.13. The number of nitro groups is 1. The molecule has 21 heavy (non-hydrogen) atoms. The molecule has 0 N–H and O–H groups in total. The molecule has 0 atom stereocenters. The number of rotatable bonds is 4. The van der Waals surface area contributed by atoms with E-state index in [-0.39, 0.29) is 22.9 Å². The number of carbonyl (C=O) groups excluding carboxylic acids is 1. The van der Waals surface area contributed by atoms with Crippen molar-refractivity contribution >= 4 is 34.9 Å². The molecule has 0 aliphatic heterocycles. The number of carbonyl (C=O) groups is 1. The van der Waals surface area contributed by atoms with E-state index in [1.165, 1.54) is 36.4 Å². The predicted octanol–water partition coefficient (Wildman–Crippen LogP) is 4.26. The molecule has 0 saturated heterocycles. The molecule has 0 saturated carbocycles. The Labute approximate surface area is 130 Å². The summed E-state index contributed by atoms with van der Waals surface area (Å²) in [5.74, 6) is -0.622. The highest BCUT2D eigenvalue weighted by molar-refractivity contribution is 6.36. The van der Waals surface area contributed by atoms with E-state index in [9.17, 15) is 14.9 Å². The van der Waals surface area contributed by atoms with Crippen LogP contribution in [-0.4, -0.2) is 10.9 Å². The maximum atomic E-state index is 11.9. The van der Waals surface area contributed by atoms with E-state index < -0.39 is 10.9 Å². The second-order valence-corrected chi connectivity index (χ2v) is 4.97. The minimum absolute atomic E-state index is 0.0620. The SMILES string of the molecule is O=C(OCc1cccc([N+](=O)[O-])c1)c1ccc(Cl)cc1Cl. The number of nitrogens with zero attached hydrogens (tertiary/aromatic N) is 1. The Morgan fingerprint density at radius 2 is 1.95 bits per heavy atom. The Hall–Kier alpha value is -2.11. The molecular weight excluding hydrogens is 317 g/mol. The maximum Gasteiger partial charge on any atom is 0.339 e. The zero-order chi connectivity index (χ0) is 15.4. The number of hydrogen-bond donors (Lipinski definition) is 0. The molecule has 0 bridgehead atoms. The molecule has 0 aromatic heterocycles. The number of nitro benzene ring substituents is 1. The van der Waals surface area contributed by atoms with Crippen LogP contribution >= 0.6 is 23.2 Å². The summed E-state index contributed by atoms with van der Waals surface area (Å²) in [6, 6.07) is 10.3. The van der Waals surface area contributed by atoms with Crippen LogP contribution in [-0.2, 0) is 11.3 Å². The van der Waals surface area contributed by atoms with Gasteiger partial charge in [0.15, 0.2) is 0 Å². The largest absolute Gasteiger partial charge is 0.457 e. The first-order valence-electron chi connectivity index (χ1n) is 5.83. The molecule has 0 radical (unpaired) electrons. The van der Waals surface area contributed by atoms with E-state index in [1.54, 1.807) is 6.07 Å². The molecule has 2 aromatic carbocycles. The normalized spacial score (nSPS) is 10.2. The molecule has 0 heterocycles. The molecule has 0 amide bonds. The summed E-state index contributed by atoms with van der Waals surface area (Å²) >= 11 is 11.6. The Morgan fingerprint density at radius 1 is 1.19 bits per heavy atom. The van der Waals surface area contributed by atoms with Crippen molar-refractivity contribution in [1.29, 1.82) is 0 Å². The van der Waals surface area contributed by atoms with Crippen LogP contribution in [0.15, 0.2) is 42.5 Å². The number of benzene rings is 2. The van der Waals surface area contributed by atoms with Crippen molar-refractivity contribution in [3.8, 4) is 0 Å². The van der Waals surface area contributed by atoms with Gasteiger partial charge in [-0.2, -0.15) is 0 Å². The third-order valence-corrected chi connectivity index (χ3v) is 3.19. The van der Waals surface area contributed by atoms with E-state index in [2.05, 4.69) is 0 Å². The number of halogens is 2. The van der Waals surface area contributed by atoms with Gasteiger partial charge in [0.25, 0.3) is 5.69 Å². The van der Waals surface area contributed by atoms with E-state index in [0.717, 1.165) is 0 Å². The van der Waals surface area contributed by atoms with Gasteiger partial charge < -0.3 is 4.74 Å². The Morgan fingerprint density at radius 3 is 2.62 bits per heavy atom. The van der Waals surface area contributed by atoms with Crippen LogP contribution in [0.5, 0.6) is 0 Å². The van der Waals surface area contributed by atoms with Gasteiger partial charge in [-0.25, -0.2) is 4.79 Å². The van der Waals surface area contributed by atoms with Crippen LogP contribution in [0.4, 0.5) is 5.69 Å². The minimum atomic E-state index is -0.622. The van der Waals surface area contributed by atoms with Crippen LogP contribution < -0.4 is 0 Å². The van der Waals surface area contributed by atoms with Crippen LogP contribution in [0.1, 0.15) is 15.9 Å². The summed E-state index contributed by atoms with van der Waals surface area (Å²) in [4.78, 5) is 22.0. The first-order valence-corrected chi connectivity index (χ1v) is 6.58. The van der Waals surface area contributed by atoms with Crippen molar-refractivity contribution < 1.29 is 14.5 Å². The summed E-state index contributed by atoms with van der Waals surface area (Å²) in [7, 11) is 0. The Kier molecular flexibility index (Phi) is 4.77. The van der Waals surface area contributed by atoms with Crippen LogP contribution in [0, 0.1) is 10.1 Å². The lowest BCUT2D eigenvalue weighted by Crippen LogP contribution is -2.06. The highest BCUT2D eigenvalue weighted by Crippen LogP contribution is 2.22. The molecule has 0 fully saturated rings. The molecule has 7 heteroatoms. The molecule has 108 valence electrons. The third kappa shape index (κ3) is 3.93. The van der Waals surface area contributed by atoms with Crippen LogP contribution in [0.3, 0.4) is 0 Å². The van der Waals surface area contributed by atoms with Crippen LogP contribution in [0.25, 0.3) is 0 Å². The topological polar surface area (TPSA) is 69.4 Å². The average Bonchev–Trinajstić information content (AvgIpc) is 2.45. The van der Waals surface area contributed by atoms with Gasteiger partial charge in [-0.3, -0.25) is 10.1 Å². The zero-order valence-corrected chi connectivity index (χ0v) is 12.1. The standard InChI is InChI=1S/C14H9Cl2NO4/c15-10-4-5-12(13(16)7-10)14(18)21-8-9-2-1-3-11(6-9)17(19)20/h1-7H,8H2. The van der Waals surface area contributed by atoms with E-state index in [4.69, 9.17) is 27.9 Å². The van der Waals surface area contributed by atoms with Crippen molar-refractivity contribution in [2.75, 3.05) is 0 Å². The summed E-state index contributed by atoms with van der Waals surface area (Å²) in [6.45, 7) is -0.0839. The highest BCUT2D eigenvalue weighted by atomic mass is 35.5. The molecule has 5 nitrogen and oxygen atoms in total. The van der Waals surface area contributed by atoms with Crippen LogP contribution in [0.2, 0.25) is 10.0 Å².